The van der Waals surface area contributed by atoms with Crippen molar-refractivity contribution in [3.63, 3.8) is 0 Å². The number of sulfonamides is 1. The quantitative estimate of drug-likeness (QED) is 0.921. The van der Waals surface area contributed by atoms with Crippen molar-refractivity contribution >= 4 is 10.0 Å². The second kappa shape index (κ2) is 6.53. The Morgan fingerprint density at radius 2 is 1.76 bits per heavy atom. The molecule has 2 aromatic rings. The van der Waals surface area contributed by atoms with E-state index in [1.54, 1.807) is 12.1 Å². The summed E-state index contributed by atoms with van der Waals surface area (Å²) in [6.07, 6.45) is 0.612. The first-order chi connectivity index (χ1) is 10.0. The lowest BCUT2D eigenvalue weighted by Crippen LogP contribution is -2.26. The first-order valence-corrected chi connectivity index (χ1v) is 8.06. The fourth-order valence-corrected chi connectivity index (χ4v) is 3.27. The molecule has 0 bridgehead atoms. The maximum atomic E-state index is 12.2. The molecule has 0 saturated carbocycles. The highest BCUT2D eigenvalue weighted by molar-refractivity contribution is 7.89. The fourth-order valence-electron chi connectivity index (χ4n) is 2.08. The minimum absolute atomic E-state index is 0.0253. The minimum atomic E-state index is -3.66. The Bertz CT molecular complexity index is 777. The molecule has 2 aromatic carbocycles. The molecule has 0 aliphatic carbocycles. The third-order valence-corrected chi connectivity index (χ3v) is 4.76. The van der Waals surface area contributed by atoms with Crippen LogP contribution in [0.4, 0.5) is 0 Å². The standard InChI is InChI=1S/C16H16N2O2S/c1-13-6-2-3-7-14(13)10-11-18-21(19,20)16-9-5-4-8-15(16)12-17/h2-9,18H,10-11H2,1H3. The number of hydrogen-bond donors (Lipinski definition) is 1. The predicted octanol–water partition coefficient (Wildman–Crippen LogP) is 2.39. The SMILES string of the molecule is Cc1ccccc1CCNS(=O)(=O)c1ccccc1C#N. The smallest absolute Gasteiger partial charge is 0.211 e. The Balaban J connectivity index is 2.09. The van der Waals surface area contributed by atoms with Crippen LogP contribution in [0.2, 0.25) is 0 Å². The van der Waals surface area contributed by atoms with E-state index >= 15 is 0 Å². The van der Waals surface area contributed by atoms with Crippen molar-refractivity contribution in [1.82, 2.24) is 4.72 Å². The molecular formula is C16H16N2O2S. The molecule has 0 radical (unpaired) electrons. The van der Waals surface area contributed by atoms with Gasteiger partial charge in [0.05, 0.1) is 10.5 Å². The lowest BCUT2D eigenvalue weighted by atomic mass is 10.1. The molecule has 0 amide bonds. The molecule has 0 spiro atoms. The Hall–Kier alpha value is -2.16. The third kappa shape index (κ3) is 3.69. The molecule has 0 heterocycles. The van der Waals surface area contributed by atoms with E-state index in [0.717, 1.165) is 11.1 Å². The van der Waals surface area contributed by atoms with Crippen LogP contribution in [0.3, 0.4) is 0 Å². The fraction of sp³-hybridized carbons (Fsp3) is 0.188. The second-order valence-corrected chi connectivity index (χ2v) is 6.42. The normalized spacial score (nSPS) is 11.0. The van der Waals surface area contributed by atoms with Crippen molar-refractivity contribution in [1.29, 1.82) is 5.26 Å². The summed E-state index contributed by atoms with van der Waals surface area (Å²) in [6.45, 7) is 2.29. The van der Waals surface area contributed by atoms with Gasteiger partial charge in [-0.3, -0.25) is 0 Å². The number of benzene rings is 2. The van der Waals surface area contributed by atoms with E-state index < -0.39 is 10.0 Å². The zero-order valence-corrected chi connectivity index (χ0v) is 12.5. The van der Waals surface area contributed by atoms with Gasteiger partial charge in [0.15, 0.2) is 0 Å². The molecule has 108 valence electrons. The van der Waals surface area contributed by atoms with Crippen LogP contribution in [0.15, 0.2) is 53.4 Å². The van der Waals surface area contributed by atoms with Gasteiger partial charge in [0.2, 0.25) is 10.0 Å². The monoisotopic (exact) mass is 300 g/mol. The average Bonchev–Trinajstić information content (AvgIpc) is 2.49. The van der Waals surface area contributed by atoms with Crippen LogP contribution in [0.5, 0.6) is 0 Å². The van der Waals surface area contributed by atoms with Gasteiger partial charge in [-0.2, -0.15) is 5.26 Å². The van der Waals surface area contributed by atoms with Gasteiger partial charge in [-0.15, -0.1) is 0 Å². The summed E-state index contributed by atoms with van der Waals surface area (Å²) in [4.78, 5) is 0.0253. The molecule has 0 atom stereocenters. The van der Waals surface area contributed by atoms with Crippen LogP contribution in [0, 0.1) is 18.3 Å². The molecule has 0 aromatic heterocycles. The van der Waals surface area contributed by atoms with Gasteiger partial charge in [0, 0.05) is 6.54 Å². The molecule has 0 aliphatic rings. The van der Waals surface area contributed by atoms with Crippen LogP contribution >= 0.6 is 0 Å². The molecule has 0 fully saturated rings. The van der Waals surface area contributed by atoms with E-state index in [-0.39, 0.29) is 10.5 Å². The molecule has 5 heteroatoms. The van der Waals surface area contributed by atoms with Crippen LogP contribution in [0.25, 0.3) is 0 Å². The largest absolute Gasteiger partial charge is 0.241 e. The lowest BCUT2D eigenvalue weighted by Gasteiger charge is -2.09. The Kier molecular flexibility index (Phi) is 4.73. The van der Waals surface area contributed by atoms with Gasteiger partial charge in [0.25, 0.3) is 0 Å². The van der Waals surface area contributed by atoms with Crippen LogP contribution in [0.1, 0.15) is 16.7 Å². The summed E-state index contributed by atoms with van der Waals surface area (Å²) in [5.74, 6) is 0. The average molecular weight is 300 g/mol. The lowest BCUT2D eigenvalue weighted by molar-refractivity contribution is 0.581. The Morgan fingerprint density at radius 1 is 1.10 bits per heavy atom. The van der Waals surface area contributed by atoms with E-state index in [2.05, 4.69) is 4.72 Å². The maximum Gasteiger partial charge on any atom is 0.241 e. The maximum absolute atomic E-state index is 12.2. The summed E-state index contributed by atoms with van der Waals surface area (Å²) in [5, 5.41) is 8.98. The Labute approximate surface area is 125 Å². The molecule has 0 unspecified atom stereocenters. The molecule has 0 aliphatic heterocycles. The van der Waals surface area contributed by atoms with Crippen molar-refractivity contribution in [2.75, 3.05) is 6.54 Å². The predicted molar refractivity (Wildman–Crippen MR) is 81.2 cm³/mol. The van der Waals surface area contributed by atoms with Crippen molar-refractivity contribution in [3.8, 4) is 6.07 Å². The second-order valence-electron chi connectivity index (χ2n) is 4.68. The van der Waals surface area contributed by atoms with E-state index in [9.17, 15) is 8.42 Å². The number of aryl methyl sites for hydroxylation is 1. The van der Waals surface area contributed by atoms with Gasteiger partial charge in [-0.1, -0.05) is 36.4 Å². The van der Waals surface area contributed by atoms with Crippen molar-refractivity contribution < 1.29 is 8.42 Å². The van der Waals surface area contributed by atoms with Gasteiger partial charge in [-0.25, -0.2) is 13.1 Å². The van der Waals surface area contributed by atoms with Crippen LogP contribution < -0.4 is 4.72 Å². The highest BCUT2D eigenvalue weighted by Crippen LogP contribution is 2.14. The molecule has 21 heavy (non-hydrogen) atoms. The van der Waals surface area contributed by atoms with Crippen LogP contribution in [-0.2, 0) is 16.4 Å². The molecule has 1 N–H and O–H groups in total. The van der Waals surface area contributed by atoms with Gasteiger partial charge in [0.1, 0.15) is 6.07 Å². The van der Waals surface area contributed by atoms with Gasteiger partial charge in [-0.05, 0) is 36.6 Å². The van der Waals surface area contributed by atoms with E-state index in [4.69, 9.17) is 5.26 Å². The first kappa shape index (κ1) is 15.2. The third-order valence-electron chi connectivity index (χ3n) is 3.24. The summed E-state index contributed by atoms with van der Waals surface area (Å²) < 4.78 is 27.0. The number of nitriles is 1. The number of nitrogens with zero attached hydrogens (tertiary/aromatic N) is 1. The molecule has 4 nitrogen and oxygen atoms in total. The van der Waals surface area contributed by atoms with E-state index in [1.807, 2.05) is 37.3 Å². The van der Waals surface area contributed by atoms with Crippen molar-refractivity contribution in [2.24, 2.45) is 0 Å². The summed E-state index contributed by atoms with van der Waals surface area (Å²) >= 11 is 0. The Morgan fingerprint density at radius 3 is 2.48 bits per heavy atom. The van der Waals surface area contributed by atoms with Crippen molar-refractivity contribution in [2.45, 2.75) is 18.2 Å². The zero-order chi connectivity index (χ0) is 15.3. The van der Waals surface area contributed by atoms with Crippen LogP contribution in [-0.4, -0.2) is 15.0 Å². The summed E-state index contributed by atoms with van der Waals surface area (Å²) in [6, 6.07) is 15.9. The van der Waals surface area contributed by atoms with Crippen molar-refractivity contribution in [3.05, 3.63) is 65.2 Å². The van der Waals surface area contributed by atoms with Gasteiger partial charge < -0.3 is 0 Å². The first-order valence-electron chi connectivity index (χ1n) is 6.58. The number of rotatable bonds is 5. The summed E-state index contributed by atoms with van der Waals surface area (Å²) in [7, 11) is -3.66. The highest BCUT2D eigenvalue weighted by Gasteiger charge is 2.17. The number of nitrogens with one attached hydrogen (secondary N) is 1. The molecular weight excluding hydrogens is 284 g/mol. The van der Waals surface area contributed by atoms with Gasteiger partial charge >= 0.3 is 0 Å². The minimum Gasteiger partial charge on any atom is -0.211 e. The molecule has 2 rings (SSSR count). The number of hydrogen-bond acceptors (Lipinski definition) is 3. The summed E-state index contributed by atoms with van der Waals surface area (Å²) in [5.41, 5.74) is 2.39. The molecule has 0 saturated heterocycles. The highest BCUT2D eigenvalue weighted by atomic mass is 32.2. The van der Waals surface area contributed by atoms with E-state index in [1.165, 1.54) is 12.1 Å². The topological polar surface area (TPSA) is 70.0 Å². The zero-order valence-electron chi connectivity index (χ0n) is 11.7. The van der Waals surface area contributed by atoms with E-state index in [0.29, 0.717) is 13.0 Å².